The van der Waals surface area contributed by atoms with Crippen molar-refractivity contribution in [3.05, 3.63) is 28.8 Å². The van der Waals surface area contributed by atoms with Crippen LogP contribution in [0.25, 0.3) is 0 Å². The van der Waals surface area contributed by atoms with Gasteiger partial charge in [-0.2, -0.15) is 0 Å². The number of methoxy groups -OCH3 is 1. The van der Waals surface area contributed by atoms with Crippen LogP contribution in [0.1, 0.15) is 16.8 Å². The lowest BCUT2D eigenvalue weighted by atomic mass is 10.1. The maximum atomic E-state index is 13.0. The predicted molar refractivity (Wildman–Crippen MR) is 97.6 cm³/mol. The molecule has 1 aromatic carbocycles. The molecule has 2 saturated heterocycles. The second-order valence-electron chi connectivity index (χ2n) is 6.46. The molecule has 0 radical (unpaired) electrons. The summed E-state index contributed by atoms with van der Waals surface area (Å²) in [5.41, 5.74) is 0.532. The van der Waals surface area contributed by atoms with Crippen LogP contribution < -0.4 is 10.1 Å². The van der Waals surface area contributed by atoms with Crippen molar-refractivity contribution in [2.24, 2.45) is 0 Å². The third kappa shape index (κ3) is 4.64. The average Bonchev–Trinajstić information content (AvgIpc) is 3.13. The molecule has 0 saturated carbocycles. The van der Waals surface area contributed by atoms with Crippen molar-refractivity contribution in [2.75, 3.05) is 59.6 Å². The molecule has 25 heavy (non-hydrogen) atoms. The van der Waals surface area contributed by atoms with Crippen LogP contribution in [-0.2, 0) is 4.74 Å². The quantitative estimate of drug-likeness (QED) is 0.772. The van der Waals surface area contributed by atoms with Gasteiger partial charge in [0.2, 0.25) is 0 Å². The van der Waals surface area contributed by atoms with Crippen LogP contribution in [0.5, 0.6) is 5.75 Å². The van der Waals surface area contributed by atoms with Crippen LogP contribution in [-0.4, -0.2) is 81.3 Å². The monoisotopic (exact) mass is 367 g/mol. The molecule has 0 spiro atoms. The van der Waals surface area contributed by atoms with Gasteiger partial charge in [-0.1, -0.05) is 11.6 Å². The van der Waals surface area contributed by atoms with Gasteiger partial charge in [0.15, 0.2) is 0 Å². The topological polar surface area (TPSA) is 54.0 Å². The second-order valence-corrected chi connectivity index (χ2v) is 6.90. The SMILES string of the molecule is COCCOc1ccc(Cl)cc1C(=O)N1CCC(N2CCNCC2)C1. The van der Waals surface area contributed by atoms with Gasteiger partial charge in [0.25, 0.3) is 5.91 Å². The number of carbonyl (C=O) groups is 1. The highest BCUT2D eigenvalue weighted by Crippen LogP contribution is 2.27. The first kappa shape index (κ1) is 18.5. The number of ether oxygens (including phenoxy) is 2. The molecule has 1 amide bonds. The number of benzene rings is 1. The van der Waals surface area contributed by atoms with Crippen molar-refractivity contribution in [3.8, 4) is 5.75 Å². The minimum atomic E-state index is -0.00690. The predicted octanol–water partition coefficient (Wildman–Crippen LogP) is 1.48. The van der Waals surface area contributed by atoms with E-state index in [9.17, 15) is 4.79 Å². The van der Waals surface area contributed by atoms with Crippen LogP contribution in [0.4, 0.5) is 0 Å². The van der Waals surface area contributed by atoms with Crippen molar-refractivity contribution < 1.29 is 14.3 Å². The first-order chi connectivity index (χ1) is 12.2. The van der Waals surface area contributed by atoms with E-state index >= 15 is 0 Å². The standard InChI is InChI=1S/C18H26ClN3O3/c1-24-10-11-25-17-3-2-14(19)12-16(17)18(23)22-7-4-15(13-22)21-8-5-20-6-9-21/h2-3,12,15,20H,4-11,13H2,1H3. The van der Waals surface area contributed by atoms with E-state index in [2.05, 4.69) is 10.2 Å². The van der Waals surface area contributed by atoms with Crippen molar-refractivity contribution in [1.82, 2.24) is 15.1 Å². The molecule has 1 N–H and O–H groups in total. The third-order valence-electron chi connectivity index (χ3n) is 4.84. The van der Waals surface area contributed by atoms with E-state index in [-0.39, 0.29) is 5.91 Å². The van der Waals surface area contributed by atoms with Crippen LogP contribution >= 0.6 is 11.6 Å². The fourth-order valence-corrected chi connectivity index (χ4v) is 3.64. The zero-order valence-corrected chi connectivity index (χ0v) is 15.4. The van der Waals surface area contributed by atoms with Crippen molar-refractivity contribution in [1.29, 1.82) is 0 Å². The molecule has 2 heterocycles. The fourth-order valence-electron chi connectivity index (χ4n) is 3.47. The molecule has 6 nitrogen and oxygen atoms in total. The molecular formula is C18H26ClN3O3. The Morgan fingerprint density at radius 3 is 2.84 bits per heavy atom. The Labute approximate surface area is 154 Å². The molecule has 2 aliphatic rings. The summed E-state index contributed by atoms with van der Waals surface area (Å²) in [6, 6.07) is 5.65. The van der Waals surface area contributed by atoms with Crippen LogP contribution in [0.2, 0.25) is 5.02 Å². The van der Waals surface area contributed by atoms with E-state index in [1.165, 1.54) is 0 Å². The molecule has 1 aromatic rings. The van der Waals surface area contributed by atoms with E-state index in [0.29, 0.717) is 35.6 Å². The summed E-state index contributed by atoms with van der Waals surface area (Å²) in [6.07, 6.45) is 1.02. The first-order valence-electron chi connectivity index (χ1n) is 8.84. The molecular weight excluding hydrogens is 342 g/mol. The Morgan fingerprint density at radius 2 is 2.08 bits per heavy atom. The molecule has 2 aliphatic heterocycles. The number of piperazine rings is 1. The summed E-state index contributed by atoms with van der Waals surface area (Å²) in [7, 11) is 1.62. The molecule has 2 fully saturated rings. The van der Waals surface area contributed by atoms with E-state index in [1.807, 2.05) is 4.90 Å². The molecule has 0 bridgehead atoms. The van der Waals surface area contributed by atoms with Crippen LogP contribution in [0, 0.1) is 0 Å². The Balaban J connectivity index is 1.67. The number of carbonyl (C=O) groups excluding carboxylic acids is 1. The molecule has 1 unspecified atom stereocenters. The highest BCUT2D eigenvalue weighted by Gasteiger charge is 2.32. The molecule has 0 aromatic heterocycles. The molecule has 3 rings (SSSR count). The van der Waals surface area contributed by atoms with Crippen LogP contribution in [0.3, 0.4) is 0 Å². The fraction of sp³-hybridized carbons (Fsp3) is 0.611. The van der Waals surface area contributed by atoms with Gasteiger partial charge in [0.05, 0.1) is 12.2 Å². The lowest BCUT2D eigenvalue weighted by molar-refractivity contribution is 0.0766. The lowest BCUT2D eigenvalue weighted by Crippen LogP contribution is -2.49. The van der Waals surface area contributed by atoms with E-state index in [4.69, 9.17) is 21.1 Å². The lowest BCUT2D eigenvalue weighted by Gasteiger charge is -2.32. The van der Waals surface area contributed by atoms with E-state index in [1.54, 1.807) is 25.3 Å². The maximum absolute atomic E-state index is 13.0. The van der Waals surface area contributed by atoms with Crippen molar-refractivity contribution >= 4 is 17.5 Å². The number of nitrogens with zero attached hydrogens (tertiary/aromatic N) is 2. The maximum Gasteiger partial charge on any atom is 0.257 e. The minimum absolute atomic E-state index is 0.00690. The Kier molecular flexibility index (Phi) is 6.53. The molecule has 7 heteroatoms. The van der Waals surface area contributed by atoms with Crippen molar-refractivity contribution in [2.45, 2.75) is 12.5 Å². The summed E-state index contributed by atoms with van der Waals surface area (Å²) in [4.78, 5) is 17.4. The molecule has 1 atom stereocenters. The normalized spacial score (nSPS) is 21.5. The highest BCUT2D eigenvalue weighted by atomic mass is 35.5. The second kappa shape index (κ2) is 8.85. The summed E-state index contributed by atoms with van der Waals surface area (Å²) in [6.45, 7) is 6.57. The number of hydrogen-bond acceptors (Lipinski definition) is 5. The number of amides is 1. The number of rotatable bonds is 6. The van der Waals surface area contributed by atoms with Gasteiger partial charge in [0, 0.05) is 57.4 Å². The van der Waals surface area contributed by atoms with E-state index < -0.39 is 0 Å². The zero-order chi connectivity index (χ0) is 17.6. The van der Waals surface area contributed by atoms with Gasteiger partial charge in [0.1, 0.15) is 12.4 Å². The summed E-state index contributed by atoms with van der Waals surface area (Å²) < 4.78 is 10.7. The smallest absolute Gasteiger partial charge is 0.257 e. The largest absolute Gasteiger partial charge is 0.490 e. The minimum Gasteiger partial charge on any atom is -0.490 e. The summed E-state index contributed by atoms with van der Waals surface area (Å²) >= 11 is 6.11. The van der Waals surface area contributed by atoms with Gasteiger partial charge >= 0.3 is 0 Å². The number of halogens is 1. The number of nitrogens with one attached hydrogen (secondary N) is 1. The number of hydrogen-bond donors (Lipinski definition) is 1. The van der Waals surface area contributed by atoms with Gasteiger partial charge in [-0.15, -0.1) is 0 Å². The van der Waals surface area contributed by atoms with Crippen LogP contribution in [0.15, 0.2) is 18.2 Å². The third-order valence-corrected chi connectivity index (χ3v) is 5.07. The van der Waals surface area contributed by atoms with E-state index in [0.717, 1.165) is 45.7 Å². The van der Waals surface area contributed by atoms with Gasteiger partial charge in [-0.05, 0) is 24.6 Å². The van der Waals surface area contributed by atoms with Crippen molar-refractivity contribution in [3.63, 3.8) is 0 Å². The van der Waals surface area contributed by atoms with Gasteiger partial charge < -0.3 is 19.7 Å². The summed E-state index contributed by atoms with van der Waals surface area (Å²) in [5.74, 6) is 0.560. The van der Waals surface area contributed by atoms with Gasteiger partial charge in [-0.3, -0.25) is 9.69 Å². The molecule has 0 aliphatic carbocycles. The zero-order valence-electron chi connectivity index (χ0n) is 14.7. The first-order valence-corrected chi connectivity index (χ1v) is 9.22. The average molecular weight is 368 g/mol. The Bertz CT molecular complexity index is 593. The molecule has 138 valence electrons. The highest BCUT2D eigenvalue weighted by molar-refractivity contribution is 6.31. The Morgan fingerprint density at radius 1 is 1.28 bits per heavy atom. The number of likely N-dealkylation sites (tertiary alicyclic amines) is 1. The summed E-state index contributed by atoms with van der Waals surface area (Å²) in [5, 5.41) is 3.91. The Hall–Kier alpha value is -1.34. The van der Waals surface area contributed by atoms with Gasteiger partial charge in [-0.25, -0.2) is 0 Å².